The van der Waals surface area contributed by atoms with E-state index in [1.54, 1.807) is 0 Å². The molecule has 0 aromatic heterocycles. The molecule has 0 atom stereocenters. The summed E-state index contributed by atoms with van der Waals surface area (Å²) in [6.45, 7) is 4.43. The van der Waals surface area contributed by atoms with Gasteiger partial charge in [0, 0.05) is 22.9 Å². The van der Waals surface area contributed by atoms with E-state index in [1.165, 1.54) is 25.7 Å². The molecule has 76 valence electrons. The topological polar surface area (TPSA) is 12.0 Å². The highest BCUT2D eigenvalue weighted by Crippen LogP contribution is 2.26. The molecule has 3 heteroatoms. The van der Waals surface area contributed by atoms with Gasteiger partial charge in [0.25, 0.3) is 0 Å². The van der Waals surface area contributed by atoms with Crippen LogP contribution in [0.2, 0.25) is 0 Å². The van der Waals surface area contributed by atoms with Crippen molar-refractivity contribution in [3.8, 4) is 0 Å². The normalized spacial score (nSPS) is 28.8. The third-order valence-corrected chi connectivity index (χ3v) is 3.86. The lowest BCUT2D eigenvalue weighted by Crippen LogP contribution is -2.34. The molecule has 1 N–H and O–H groups in total. The van der Waals surface area contributed by atoms with Crippen LogP contribution in [-0.4, -0.2) is 24.1 Å². The Labute approximate surface area is 90.3 Å². The fourth-order valence-corrected chi connectivity index (χ4v) is 2.58. The van der Waals surface area contributed by atoms with E-state index in [1.807, 2.05) is 11.8 Å². The van der Waals surface area contributed by atoms with Gasteiger partial charge in [0.05, 0.1) is 0 Å². The molecule has 0 spiro atoms. The zero-order valence-electron chi connectivity index (χ0n) is 8.18. The predicted octanol–water partition coefficient (Wildman–Crippen LogP) is 3.00. The lowest BCUT2D eigenvalue weighted by Gasteiger charge is -2.28. The van der Waals surface area contributed by atoms with Crippen molar-refractivity contribution in [2.75, 3.05) is 12.8 Å². The van der Waals surface area contributed by atoms with Gasteiger partial charge in [-0.25, -0.2) is 0 Å². The van der Waals surface area contributed by atoms with Crippen molar-refractivity contribution in [2.45, 2.75) is 37.0 Å². The van der Waals surface area contributed by atoms with Gasteiger partial charge >= 0.3 is 0 Å². The molecule has 0 heterocycles. The average Bonchev–Trinajstić information content (AvgIpc) is 2.15. The molecule has 1 aliphatic rings. The zero-order valence-corrected chi connectivity index (χ0v) is 9.76. The van der Waals surface area contributed by atoms with Crippen LogP contribution in [0.4, 0.5) is 0 Å². The molecule has 0 unspecified atom stereocenters. The second kappa shape index (κ2) is 5.94. The first-order valence-corrected chi connectivity index (χ1v) is 6.48. The van der Waals surface area contributed by atoms with Crippen LogP contribution in [0.5, 0.6) is 0 Å². The van der Waals surface area contributed by atoms with Crippen LogP contribution in [0.15, 0.2) is 11.6 Å². The van der Waals surface area contributed by atoms with E-state index in [2.05, 4.69) is 18.2 Å². The molecule has 1 nitrogen and oxygen atoms in total. The molecule has 0 aromatic carbocycles. The molecular weight excluding hydrogens is 202 g/mol. The summed E-state index contributed by atoms with van der Waals surface area (Å²) in [6, 6.07) is 0.666. The van der Waals surface area contributed by atoms with Crippen LogP contribution in [0.1, 0.15) is 25.7 Å². The summed E-state index contributed by atoms with van der Waals surface area (Å²) in [7, 11) is 0. The quantitative estimate of drug-likeness (QED) is 0.780. The van der Waals surface area contributed by atoms with Crippen molar-refractivity contribution in [3.63, 3.8) is 0 Å². The lowest BCUT2D eigenvalue weighted by atomic mass is 9.95. The highest BCUT2D eigenvalue weighted by Gasteiger charge is 2.19. The molecule has 1 fully saturated rings. The first-order valence-electron chi connectivity index (χ1n) is 4.82. The maximum atomic E-state index is 5.69. The third kappa shape index (κ3) is 4.39. The van der Waals surface area contributed by atoms with Gasteiger partial charge in [-0.1, -0.05) is 18.2 Å². The number of thioether (sulfide) groups is 1. The van der Waals surface area contributed by atoms with Crippen molar-refractivity contribution in [1.29, 1.82) is 0 Å². The van der Waals surface area contributed by atoms with Crippen molar-refractivity contribution in [2.24, 2.45) is 0 Å². The second-order valence-corrected chi connectivity index (χ2v) is 5.28. The summed E-state index contributed by atoms with van der Waals surface area (Å²) in [5, 5.41) is 5.03. The van der Waals surface area contributed by atoms with Crippen LogP contribution >= 0.6 is 23.4 Å². The van der Waals surface area contributed by atoms with Crippen LogP contribution in [0.25, 0.3) is 0 Å². The standard InChI is InChI=1S/C10H18ClNS/c1-8(11)7-12-9-3-5-10(13-2)6-4-9/h9-10,12H,1,3-7H2,2H3. The molecule has 0 amide bonds. The Bertz CT molecular complexity index is 164. The van der Waals surface area contributed by atoms with Gasteiger partial charge in [0.2, 0.25) is 0 Å². The SMILES string of the molecule is C=C(Cl)CNC1CCC(SC)CC1. The van der Waals surface area contributed by atoms with Crippen molar-refractivity contribution < 1.29 is 0 Å². The minimum absolute atomic E-state index is 0.666. The fourth-order valence-electron chi connectivity index (χ4n) is 1.76. The second-order valence-electron chi connectivity index (χ2n) is 3.61. The van der Waals surface area contributed by atoms with Crippen molar-refractivity contribution in [1.82, 2.24) is 5.32 Å². The number of hydrogen-bond acceptors (Lipinski definition) is 2. The monoisotopic (exact) mass is 219 g/mol. The maximum Gasteiger partial charge on any atom is 0.0310 e. The molecule has 13 heavy (non-hydrogen) atoms. The molecule has 0 radical (unpaired) electrons. The molecule has 1 rings (SSSR count). The largest absolute Gasteiger partial charge is 0.309 e. The molecule has 0 aliphatic heterocycles. The summed E-state index contributed by atoms with van der Waals surface area (Å²) >= 11 is 7.69. The first-order chi connectivity index (χ1) is 6.22. The summed E-state index contributed by atoms with van der Waals surface area (Å²) in [5.41, 5.74) is 0. The Hall–Kier alpha value is 0.340. The van der Waals surface area contributed by atoms with Gasteiger partial charge in [0.15, 0.2) is 0 Å². The molecule has 0 saturated heterocycles. The Morgan fingerprint density at radius 2 is 2.08 bits per heavy atom. The summed E-state index contributed by atoms with van der Waals surface area (Å²) in [4.78, 5) is 0. The van der Waals surface area contributed by atoms with E-state index in [0.717, 1.165) is 11.8 Å². The van der Waals surface area contributed by atoms with Crippen LogP contribution < -0.4 is 5.32 Å². The molecular formula is C10H18ClNS. The van der Waals surface area contributed by atoms with Crippen molar-refractivity contribution >= 4 is 23.4 Å². The van der Waals surface area contributed by atoms with E-state index in [0.29, 0.717) is 11.1 Å². The smallest absolute Gasteiger partial charge is 0.0310 e. The van der Waals surface area contributed by atoms with Gasteiger partial charge in [-0.05, 0) is 31.9 Å². The van der Waals surface area contributed by atoms with Gasteiger partial charge < -0.3 is 5.32 Å². The van der Waals surface area contributed by atoms with Gasteiger partial charge in [-0.15, -0.1) is 0 Å². The van der Waals surface area contributed by atoms with Crippen LogP contribution in [-0.2, 0) is 0 Å². The van der Waals surface area contributed by atoms with Crippen LogP contribution in [0.3, 0.4) is 0 Å². The zero-order chi connectivity index (χ0) is 9.68. The number of rotatable bonds is 4. The van der Waals surface area contributed by atoms with E-state index < -0.39 is 0 Å². The maximum absolute atomic E-state index is 5.69. The molecule has 1 saturated carbocycles. The Kier molecular flexibility index (Phi) is 5.22. The molecule has 1 aliphatic carbocycles. The minimum atomic E-state index is 0.666. The summed E-state index contributed by atoms with van der Waals surface area (Å²) in [6.07, 6.45) is 7.46. The Morgan fingerprint density at radius 1 is 1.46 bits per heavy atom. The Morgan fingerprint density at radius 3 is 2.54 bits per heavy atom. The fraction of sp³-hybridized carbons (Fsp3) is 0.800. The number of nitrogens with one attached hydrogen (secondary N) is 1. The first kappa shape index (κ1) is 11.4. The van der Waals surface area contributed by atoms with Crippen molar-refractivity contribution in [3.05, 3.63) is 11.6 Å². The Balaban J connectivity index is 2.14. The van der Waals surface area contributed by atoms with E-state index in [-0.39, 0.29) is 0 Å². The van der Waals surface area contributed by atoms with Gasteiger partial charge in [-0.3, -0.25) is 0 Å². The third-order valence-electron chi connectivity index (χ3n) is 2.59. The highest BCUT2D eigenvalue weighted by atomic mass is 35.5. The van der Waals surface area contributed by atoms with Crippen LogP contribution in [0, 0.1) is 0 Å². The molecule has 0 aromatic rings. The summed E-state index contributed by atoms with van der Waals surface area (Å²) < 4.78 is 0. The van der Waals surface area contributed by atoms with E-state index in [4.69, 9.17) is 11.6 Å². The molecule has 0 bridgehead atoms. The van der Waals surface area contributed by atoms with E-state index >= 15 is 0 Å². The number of halogens is 1. The number of hydrogen-bond donors (Lipinski definition) is 1. The van der Waals surface area contributed by atoms with Gasteiger partial charge in [0.1, 0.15) is 0 Å². The lowest BCUT2D eigenvalue weighted by molar-refractivity contribution is 0.391. The highest BCUT2D eigenvalue weighted by molar-refractivity contribution is 7.99. The van der Waals surface area contributed by atoms with Gasteiger partial charge in [-0.2, -0.15) is 11.8 Å². The predicted molar refractivity (Wildman–Crippen MR) is 62.6 cm³/mol. The minimum Gasteiger partial charge on any atom is -0.309 e. The van der Waals surface area contributed by atoms with E-state index in [9.17, 15) is 0 Å². The average molecular weight is 220 g/mol. The summed E-state index contributed by atoms with van der Waals surface area (Å²) in [5.74, 6) is 0.